The number of hydrogen-bond donors (Lipinski definition) is 2. The molecule has 3 N–H and O–H groups in total. The maximum absolute atomic E-state index is 12.2. The van der Waals surface area contributed by atoms with E-state index in [1.807, 2.05) is 36.9 Å². The molecule has 2 rings (SSSR count). The number of amides is 1. The molecule has 0 bridgehead atoms. The van der Waals surface area contributed by atoms with Crippen LogP contribution in [-0.4, -0.2) is 40.9 Å². The summed E-state index contributed by atoms with van der Waals surface area (Å²) < 4.78 is 0.228. The molecule has 1 fully saturated rings. The lowest BCUT2D eigenvalue weighted by molar-refractivity contribution is -0.117. The van der Waals surface area contributed by atoms with Crippen molar-refractivity contribution in [2.24, 2.45) is 0 Å². The Hall–Kier alpha value is -1.20. The van der Waals surface area contributed by atoms with E-state index < -0.39 is 0 Å². The zero-order chi connectivity index (χ0) is 14.8. The van der Waals surface area contributed by atoms with Crippen LogP contribution in [0.15, 0.2) is 18.2 Å². The number of nitrogens with one attached hydrogen (secondary N) is 1. The third-order valence-electron chi connectivity index (χ3n) is 3.41. The summed E-state index contributed by atoms with van der Waals surface area (Å²) in [7, 11) is 0. The van der Waals surface area contributed by atoms with Crippen LogP contribution in [0.4, 0.5) is 11.4 Å². The summed E-state index contributed by atoms with van der Waals surface area (Å²) in [6.07, 6.45) is 0. The summed E-state index contributed by atoms with van der Waals surface area (Å²) in [5.74, 6) is 1.11. The van der Waals surface area contributed by atoms with Crippen molar-refractivity contribution < 1.29 is 4.79 Å². The third-order valence-corrected chi connectivity index (χ3v) is 4.70. The van der Waals surface area contributed by atoms with Crippen LogP contribution < -0.4 is 11.1 Å². The van der Waals surface area contributed by atoms with Gasteiger partial charge in [-0.1, -0.05) is 6.07 Å². The molecule has 0 aromatic heterocycles. The molecule has 0 radical (unpaired) electrons. The Balaban J connectivity index is 1.94. The number of aryl methyl sites for hydroxylation is 1. The van der Waals surface area contributed by atoms with E-state index in [9.17, 15) is 4.79 Å². The van der Waals surface area contributed by atoms with Crippen molar-refractivity contribution in [2.45, 2.75) is 25.5 Å². The molecule has 5 heteroatoms. The number of carbonyl (C=O) groups excluding carboxylic acids is 1. The van der Waals surface area contributed by atoms with Crippen molar-refractivity contribution in [3.8, 4) is 0 Å². The second-order valence-electron chi connectivity index (χ2n) is 5.94. The molecular weight excluding hydrogens is 270 g/mol. The van der Waals surface area contributed by atoms with E-state index in [1.54, 1.807) is 0 Å². The number of anilines is 2. The molecule has 0 atom stereocenters. The fourth-order valence-electron chi connectivity index (χ4n) is 2.42. The van der Waals surface area contributed by atoms with Gasteiger partial charge in [-0.2, -0.15) is 11.8 Å². The molecule has 1 heterocycles. The molecule has 1 aromatic rings. The number of thioether (sulfide) groups is 1. The Morgan fingerprint density at radius 2 is 2.25 bits per heavy atom. The minimum Gasteiger partial charge on any atom is -0.399 e. The topological polar surface area (TPSA) is 58.4 Å². The lowest BCUT2D eigenvalue weighted by Gasteiger charge is -2.37. The summed E-state index contributed by atoms with van der Waals surface area (Å²) >= 11 is 1.97. The van der Waals surface area contributed by atoms with Gasteiger partial charge in [-0.15, -0.1) is 0 Å². The Labute approximate surface area is 125 Å². The monoisotopic (exact) mass is 293 g/mol. The second-order valence-corrected chi connectivity index (χ2v) is 7.74. The van der Waals surface area contributed by atoms with E-state index in [0.29, 0.717) is 12.2 Å². The van der Waals surface area contributed by atoms with Gasteiger partial charge in [0.05, 0.1) is 6.54 Å². The second kappa shape index (κ2) is 6.06. The minimum atomic E-state index is 0.0291. The van der Waals surface area contributed by atoms with E-state index in [1.165, 1.54) is 0 Å². The van der Waals surface area contributed by atoms with E-state index in [0.717, 1.165) is 30.1 Å². The molecule has 4 nitrogen and oxygen atoms in total. The average Bonchev–Trinajstić information content (AvgIpc) is 2.32. The van der Waals surface area contributed by atoms with Crippen molar-refractivity contribution in [2.75, 3.05) is 36.4 Å². The molecule has 110 valence electrons. The molecule has 1 aliphatic rings. The van der Waals surface area contributed by atoms with Crippen LogP contribution in [0.25, 0.3) is 0 Å². The van der Waals surface area contributed by atoms with Gasteiger partial charge in [0.2, 0.25) is 5.91 Å². The van der Waals surface area contributed by atoms with Crippen molar-refractivity contribution in [3.05, 3.63) is 23.8 Å². The summed E-state index contributed by atoms with van der Waals surface area (Å²) in [5.41, 5.74) is 8.26. The zero-order valence-corrected chi connectivity index (χ0v) is 13.2. The Morgan fingerprint density at radius 1 is 1.50 bits per heavy atom. The van der Waals surface area contributed by atoms with Gasteiger partial charge in [0.15, 0.2) is 0 Å². The quantitative estimate of drug-likeness (QED) is 0.840. The highest BCUT2D eigenvalue weighted by atomic mass is 32.2. The molecule has 1 aromatic carbocycles. The van der Waals surface area contributed by atoms with E-state index in [2.05, 4.69) is 24.1 Å². The minimum absolute atomic E-state index is 0.0291. The van der Waals surface area contributed by atoms with Gasteiger partial charge >= 0.3 is 0 Å². The van der Waals surface area contributed by atoms with Gasteiger partial charge in [0, 0.05) is 35.0 Å². The van der Waals surface area contributed by atoms with Crippen LogP contribution in [0.1, 0.15) is 19.4 Å². The summed E-state index contributed by atoms with van der Waals surface area (Å²) in [4.78, 5) is 14.4. The highest BCUT2D eigenvalue weighted by Crippen LogP contribution is 2.29. The Bertz CT molecular complexity index is 502. The maximum Gasteiger partial charge on any atom is 0.238 e. The fraction of sp³-hybridized carbons (Fsp3) is 0.533. The number of hydrogen-bond acceptors (Lipinski definition) is 4. The average molecular weight is 293 g/mol. The lowest BCUT2D eigenvalue weighted by atomic mass is 10.1. The normalized spacial score (nSPS) is 18.8. The number of nitrogen functional groups attached to an aromatic ring is 1. The summed E-state index contributed by atoms with van der Waals surface area (Å²) in [6.45, 7) is 8.78. The summed E-state index contributed by atoms with van der Waals surface area (Å²) in [6, 6.07) is 5.57. The molecule has 0 spiro atoms. The van der Waals surface area contributed by atoms with Crippen LogP contribution in [0, 0.1) is 6.92 Å². The number of nitrogens with zero attached hydrogens (tertiary/aromatic N) is 1. The first kappa shape index (κ1) is 15.2. The zero-order valence-electron chi connectivity index (χ0n) is 12.4. The molecular formula is C15H23N3OS. The standard InChI is InChI=1S/C15H23N3OS/c1-11-4-5-12(16)8-13(11)17-14(19)9-18-6-7-20-15(2,3)10-18/h4-5,8H,6-7,9-10,16H2,1-3H3,(H,17,19). The highest BCUT2D eigenvalue weighted by Gasteiger charge is 2.27. The number of carbonyl (C=O) groups is 1. The molecule has 0 unspecified atom stereocenters. The smallest absolute Gasteiger partial charge is 0.238 e. The first-order valence-electron chi connectivity index (χ1n) is 6.88. The molecule has 0 aliphatic carbocycles. The van der Waals surface area contributed by atoms with Gasteiger partial charge in [0.1, 0.15) is 0 Å². The van der Waals surface area contributed by atoms with Crippen molar-refractivity contribution in [3.63, 3.8) is 0 Å². The van der Waals surface area contributed by atoms with E-state index >= 15 is 0 Å². The largest absolute Gasteiger partial charge is 0.399 e. The first-order chi connectivity index (χ1) is 9.35. The van der Waals surface area contributed by atoms with Crippen molar-refractivity contribution >= 4 is 29.0 Å². The summed E-state index contributed by atoms with van der Waals surface area (Å²) in [5, 5.41) is 2.96. The fourth-order valence-corrected chi connectivity index (χ4v) is 3.59. The van der Waals surface area contributed by atoms with Crippen LogP contribution in [-0.2, 0) is 4.79 Å². The molecule has 1 saturated heterocycles. The predicted octanol–water partition coefficient (Wildman–Crippen LogP) is 2.34. The number of rotatable bonds is 3. The number of benzene rings is 1. The third kappa shape index (κ3) is 4.15. The maximum atomic E-state index is 12.2. The lowest BCUT2D eigenvalue weighted by Crippen LogP contribution is -2.46. The Kier molecular flexibility index (Phi) is 4.60. The van der Waals surface area contributed by atoms with Gasteiger partial charge in [0.25, 0.3) is 0 Å². The van der Waals surface area contributed by atoms with Gasteiger partial charge in [-0.3, -0.25) is 9.69 Å². The van der Waals surface area contributed by atoms with Crippen LogP contribution in [0.5, 0.6) is 0 Å². The predicted molar refractivity (Wildman–Crippen MR) is 87.2 cm³/mol. The van der Waals surface area contributed by atoms with E-state index in [-0.39, 0.29) is 10.7 Å². The SMILES string of the molecule is Cc1ccc(N)cc1NC(=O)CN1CCSC(C)(C)C1. The molecule has 20 heavy (non-hydrogen) atoms. The van der Waals surface area contributed by atoms with E-state index in [4.69, 9.17) is 5.73 Å². The van der Waals surface area contributed by atoms with Gasteiger partial charge in [-0.25, -0.2) is 0 Å². The van der Waals surface area contributed by atoms with Gasteiger partial charge in [-0.05, 0) is 38.5 Å². The molecule has 1 aliphatic heterocycles. The van der Waals surface area contributed by atoms with Crippen LogP contribution in [0.3, 0.4) is 0 Å². The Morgan fingerprint density at radius 3 is 2.95 bits per heavy atom. The number of nitrogens with two attached hydrogens (primary N) is 1. The first-order valence-corrected chi connectivity index (χ1v) is 7.87. The molecule has 0 saturated carbocycles. The van der Waals surface area contributed by atoms with Crippen LogP contribution in [0.2, 0.25) is 0 Å². The van der Waals surface area contributed by atoms with Crippen molar-refractivity contribution in [1.29, 1.82) is 0 Å². The van der Waals surface area contributed by atoms with Crippen LogP contribution >= 0.6 is 11.8 Å². The van der Waals surface area contributed by atoms with Crippen molar-refractivity contribution in [1.82, 2.24) is 4.90 Å². The molecule has 1 amide bonds. The van der Waals surface area contributed by atoms with Gasteiger partial charge < -0.3 is 11.1 Å². The highest BCUT2D eigenvalue weighted by molar-refractivity contribution is 8.00.